The first kappa shape index (κ1) is 11.9. The third-order valence-electron chi connectivity index (χ3n) is 2.60. The maximum atomic E-state index is 12.5. The van der Waals surface area contributed by atoms with Gasteiger partial charge in [0.15, 0.2) is 0 Å². The van der Waals surface area contributed by atoms with Gasteiger partial charge in [-0.3, -0.25) is 0 Å². The predicted molar refractivity (Wildman–Crippen MR) is 54.7 cm³/mol. The molecule has 0 amide bonds. The monoisotopic (exact) mass is 245 g/mol. The molecule has 92 valence electrons. The minimum absolute atomic E-state index is 0.164. The lowest BCUT2D eigenvalue weighted by Gasteiger charge is -2.12. The van der Waals surface area contributed by atoms with Crippen molar-refractivity contribution < 1.29 is 23.1 Å². The summed E-state index contributed by atoms with van der Waals surface area (Å²) in [5, 5.41) is 12.6. The highest BCUT2D eigenvalue weighted by Gasteiger charge is 2.32. The molecular weight excluding hydrogens is 235 g/mol. The van der Waals surface area contributed by atoms with Crippen LogP contribution in [0, 0.1) is 0 Å². The zero-order chi connectivity index (χ0) is 12.5. The van der Waals surface area contributed by atoms with Crippen LogP contribution in [-0.4, -0.2) is 24.0 Å². The maximum absolute atomic E-state index is 12.5. The second kappa shape index (κ2) is 4.37. The molecule has 0 saturated heterocycles. The van der Waals surface area contributed by atoms with E-state index in [9.17, 15) is 13.2 Å². The Hall–Kier alpha value is -1.56. The number of halogens is 3. The molecule has 0 aliphatic carbocycles. The normalized spacial score (nSPS) is 20.0. The van der Waals surface area contributed by atoms with Gasteiger partial charge in [0.05, 0.1) is 23.8 Å². The zero-order valence-electron chi connectivity index (χ0n) is 8.74. The highest BCUT2D eigenvalue weighted by atomic mass is 19.4. The van der Waals surface area contributed by atoms with Crippen molar-refractivity contribution in [2.45, 2.75) is 12.1 Å². The van der Waals surface area contributed by atoms with E-state index in [1.165, 1.54) is 6.07 Å². The van der Waals surface area contributed by atoms with E-state index in [4.69, 9.17) is 9.94 Å². The lowest BCUT2D eigenvalue weighted by atomic mass is 9.94. The third-order valence-corrected chi connectivity index (χ3v) is 2.60. The van der Waals surface area contributed by atoms with Gasteiger partial charge in [0.25, 0.3) is 0 Å². The van der Waals surface area contributed by atoms with Crippen molar-refractivity contribution in [2.75, 3.05) is 13.2 Å². The fourth-order valence-electron chi connectivity index (χ4n) is 1.71. The standard InChI is InChI=1S/C11H10F3NO2/c12-11(13,14)8-3-1-2-7(4-8)9-6-17-15-10(9)5-16/h1-4,9,16H,5-6H2. The molecule has 0 radical (unpaired) electrons. The van der Waals surface area contributed by atoms with Crippen LogP contribution in [0.4, 0.5) is 13.2 Å². The number of hydrogen-bond donors (Lipinski definition) is 1. The van der Waals surface area contributed by atoms with Crippen LogP contribution in [0.1, 0.15) is 17.0 Å². The highest BCUT2D eigenvalue weighted by Crippen LogP contribution is 2.32. The van der Waals surface area contributed by atoms with E-state index in [1.54, 1.807) is 6.07 Å². The molecule has 3 nitrogen and oxygen atoms in total. The Morgan fingerprint density at radius 3 is 2.82 bits per heavy atom. The van der Waals surface area contributed by atoms with E-state index in [1.807, 2.05) is 0 Å². The topological polar surface area (TPSA) is 41.8 Å². The summed E-state index contributed by atoms with van der Waals surface area (Å²) in [4.78, 5) is 4.79. The molecule has 1 aromatic rings. The Kier molecular flexibility index (Phi) is 3.06. The molecule has 17 heavy (non-hydrogen) atoms. The lowest BCUT2D eigenvalue weighted by Crippen LogP contribution is -2.15. The highest BCUT2D eigenvalue weighted by molar-refractivity contribution is 5.92. The van der Waals surface area contributed by atoms with Crippen LogP contribution in [0.2, 0.25) is 0 Å². The number of aliphatic hydroxyl groups is 1. The van der Waals surface area contributed by atoms with Crippen molar-refractivity contribution in [1.29, 1.82) is 0 Å². The van der Waals surface area contributed by atoms with Gasteiger partial charge in [-0.1, -0.05) is 23.4 Å². The van der Waals surface area contributed by atoms with Crippen LogP contribution >= 0.6 is 0 Å². The molecule has 1 atom stereocenters. The van der Waals surface area contributed by atoms with Crippen molar-refractivity contribution in [3.8, 4) is 0 Å². The van der Waals surface area contributed by atoms with E-state index in [0.29, 0.717) is 11.3 Å². The molecular formula is C11H10F3NO2. The number of hydrogen-bond acceptors (Lipinski definition) is 3. The van der Waals surface area contributed by atoms with Crippen molar-refractivity contribution in [3.05, 3.63) is 35.4 Å². The van der Waals surface area contributed by atoms with Crippen LogP contribution in [0.5, 0.6) is 0 Å². The molecule has 0 spiro atoms. The molecule has 0 saturated carbocycles. The fraction of sp³-hybridized carbons (Fsp3) is 0.364. The summed E-state index contributed by atoms with van der Waals surface area (Å²) in [5.41, 5.74) is 0.0913. The van der Waals surface area contributed by atoms with Crippen LogP contribution in [0.15, 0.2) is 29.4 Å². The molecule has 1 aliphatic heterocycles. The van der Waals surface area contributed by atoms with E-state index in [-0.39, 0.29) is 13.2 Å². The van der Waals surface area contributed by atoms with Gasteiger partial charge in [-0.2, -0.15) is 13.2 Å². The van der Waals surface area contributed by atoms with E-state index in [2.05, 4.69) is 5.16 Å². The third kappa shape index (κ3) is 2.41. The number of oxime groups is 1. The minimum atomic E-state index is -4.37. The summed E-state index contributed by atoms with van der Waals surface area (Å²) in [6.07, 6.45) is -4.37. The average Bonchev–Trinajstić information content (AvgIpc) is 2.76. The molecule has 2 rings (SSSR count). The van der Waals surface area contributed by atoms with Crippen LogP contribution in [0.25, 0.3) is 0 Å². The van der Waals surface area contributed by atoms with Gasteiger partial charge < -0.3 is 9.94 Å². The summed E-state index contributed by atoms with van der Waals surface area (Å²) in [6, 6.07) is 4.98. The summed E-state index contributed by atoms with van der Waals surface area (Å²) >= 11 is 0. The molecule has 1 aromatic carbocycles. The predicted octanol–water partition coefficient (Wildman–Crippen LogP) is 2.17. The summed E-state index contributed by atoms with van der Waals surface area (Å²) in [7, 11) is 0. The van der Waals surface area contributed by atoms with Crippen LogP contribution in [0.3, 0.4) is 0 Å². The van der Waals surface area contributed by atoms with E-state index in [0.717, 1.165) is 12.1 Å². The molecule has 1 N–H and O–H groups in total. The molecule has 1 unspecified atom stereocenters. The minimum Gasteiger partial charge on any atom is -0.395 e. The van der Waals surface area contributed by atoms with Crippen LogP contribution in [-0.2, 0) is 11.0 Å². The largest absolute Gasteiger partial charge is 0.416 e. The molecule has 0 bridgehead atoms. The summed E-state index contributed by atoms with van der Waals surface area (Å²) in [5.74, 6) is -0.401. The van der Waals surface area contributed by atoms with Crippen molar-refractivity contribution >= 4 is 5.71 Å². The lowest BCUT2D eigenvalue weighted by molar-refractivity contribution is -0.137. The Balaban J connectivity index is 2.31. The maximum Gasteiger partial charge on any atom is 0.416 e. The first-order valence-electron chi connectivity index (χ1n) is 4.99. The average molecular weight is 245 g/mol. The molecule has 1 heterocycles. The quantitative estimate of drug-likeness (QED) is 0.867. The second-order valence-corrected chi connectivity index (χ2v) is 3.71. The number of rotatable bonds is 2. The van der Waals surface area contributed by atoms with Gasteiger partial charge in [-0.15, -0.1) is 0 Å². The number of nitrogens with zero attached hydrogens (tertiary/aromatic N) is 1. The van der Waals surface area contributed by atoms with Crippen molar-refractivity contribution in [2.24, 2.45) is 5.16 Å². The van der Waals surface area contributed by atoms with Crippen molar-refractivity contribution in [1.82, 2.24) is 0 Å². The Bertz CT molecular complexity index is 443. The Morgan fingerprint density at radius 1 is 1.41 bits per heavy atom. The molecule has 1 aliphatic rings. The SMILES string of the molecule is OCC1=NOCC1c1cccc(C(F)(F)F)c1. The number of alkyl halides is 3. The van der Waals surface area contributed by atoms with E-state index >= 15 is 0 Å². The molecule has 6 heteroatoms. The first-order valence-corrected chi connectivity index (χ1v) is 4.99. The smallest absolute Gasteiger partial charge is 0.395 e. The van der Waals surface area contributed by atoms with Gasteiger partial charge in [0.1, 0.15) is 6.61 Å². The summed E-state index contributed by atoms with van der Waals surface area (Å²) in [6.45, 7) is -0.155. The van der Waals surface area contributed by atoms with Gasteiger partial charge in [0, 0.05) is 0 Å². The Labute approximate surface area is 95.5 Å². The molecule has 0 aromatic heterocycles. The van der Waals surface area contributed by atoms with E-state index < -0.39 is 17.7 Å². The number of aliphatic hydroxyl groups excluding tert-OH is 1. The fourth-order valence-corrected chi connectivity index (χ4v) is 1.71. The van der Waals surface area contributed by atoms with Crippen molar-refractivity contribution in [3.63, 3.8) is 0 Å². The van der Waals surface area contributed by atoms with Gasteiger partial charge in [0.2, 0.25) is 0 Å². The summed E-state index contributed by atoms with van der Waals surface area (Å²) < 4.78 is 37.6. The molecule has 0 fully saturated rings. The first-order chi connectivity index (χ1) is 8.02. The second-order valence-electron chi connectivity index (χ2n) is 3.71. The zero-order valence-corrected chi connectivity index (χ0v) is 8.74. The Morgan fingerprint density at radius 2 is 2.18 bits per heavy atom. The van der Waals surface area contributed by atoms with Gasteiger partial charge in [-0.05, 0) is 11.6 Å². The van der Waals surface area contributed by atoms with Gasteiger partial charge >= 0.3 is 6.18 Å². The number of benzene rings is 1. The van der Waals surface area contributed by atoms with Crippen LogP contribution < -0.4 is 0 Å². The van der Waals surface area contributed by atoms with Gasteiger partial charge in [-0.25, -0.2) is 0 Å².